The molecule has 3 N–H and O–H groups in total. The molecule has 5 heteroatoms. The Balaban J connectivity index is 2.03. The van der Waals surface area contributed by atoms with Crippen LogP contribution < -0.4 is 15.8 Å². The molecule has 0 amide bonds. The predicted octanol–water partition coefficient (Wildman–Crippen LogP) is 3.75. The van der Waals surface area contributed by atoms with Gasteiger partial charge >= 0.3 is 0 Å². The van der Waals surface area contributed by atoms with E-state index < -0.39 is 0 Å². The highest BCUT2D eigenvalue weighted by atomic mass is 32.1. The number of nitrogen functional groups attached to an aromatic ring is 1. The maximum atomic E-state index is 5.88. The lowest BCUT2D eigenvalue weighted by atomic mass is 9.79. The monoisotopic (exact) mass is 283 g/mol. The van der Waals surface area contributed by atoms with E-state index in [1.807, 2.05) is 13.8 Å². The van der Waals surface area contributed by atoms with Gasteiger partial charge < -0.3 is 15.8 Å². The van der Waals surface area contributed by atoms with Gasteiger partial charge in [0.15, 0.2) is 16.6 Å². The maximum absolute atomic E-state index is 5.88. The lowest BCUT2D eigenvalue weighted by molar-refractivity contribution is 0.243. The minimum atomic E-state index is 0.115. The second-order valence-corrected chi connectivity index (χ2v) is 6.77. The molecular weight excluding hydrogens is 258 g/mol. The second-order valence-electron chi connectivity index (χ2n) is 6.00. The summed E-state index contributed by atoms with van der Waals surface area (Å²) in [5, 5.41) is 4.56. The first-order valence-corrected chi connectivity index (χ1v) is 7.93. The highest BCUT2D eigenvalue weighted by Gasteiger charge is 2.26. The van der Waals surface area contributed by atoms with Crippen LogP contribution in [0.25, 0.3) is 0 Å². The van der Waals surface area contributed by atoms with E-state index in [0.29, 0.717) is 11.9 Å². The van der Waals surface area contributed by atoms with Crippen molar-refractivity contribution >= 4 is 22.4 Å². The molecule has 1 aliphatic carbocycles. The van der Waals surface area contributed by atoms with Crippen molar-refractivity contribution in [2.45, 2.75) is 59.1 Å². The van der Waals surface area contributed by atoms with Crippen LogP contribution in [0.15, 0.2) is 0 Å². The standard InChI is InChI=1S/C14H25N3OS/c1-8(2)18-12-13(15)17-19-14(12)16-11-6-5-9(3)10(4)7-11/h8-11,16H,5-7H2,1-4H3,(H2,15,17). The topological polar surface area (TPSA) is 60.2 Å². The summed E-state index contributed by atoms with van der Waals surface area (Å²) in [6.45, 7) is 8.69. The van der Waals surface area contributed by atoms with Gasteiger partial charge in [-0.3, -0.25) is 0 Å². The van der Waals surface area contributed by atoms with Gasteiger partial charge in [-0.25, -0.2) is 0 Å². The molecule has 1 heterocycles. The largest absolute Gasteiger partial charge is 0.484 e. The van der Waals surface area contributed by atoms with Crippen molar-refractivity contribution in [1.29, 1.82) is 0 Å². The van der Waals surface area contributed by atoms with Gasteiger partial charge in [0.1, 0.15) is 0 Å². The number of hydrogen-bond acceptors (Lipinski definition) is 5. The molecule has 0 saturated heterocycles. The van der Waals surface area contributed by atoms with Crippen molar-refractivity contribution in [3.63, 3.8) is 0 Å². The molecule has 4 nitrogen and oxygen atoms in total. The molecule has 0 spiro atoms. The zero-order valence-electron chi connectivity index (χ0n) is 12.3. The van der Waals surface area contributed by atoms with Gasteiger partial charge in [0.25, 0.3) is 0 Å². The van der Waals surface area contributed by atoms with E-state index in [1.54, 1.807) is 0 Å². The summed E-state index contributed by atoms with van der Waals surface area (Å²) in [6.07, 6.45) is 3.82. The highest BCUT2D eigenvalue weighted by molar-refractivity contribution is 7.11. The van der Waals surface area contributed by atoms with Gasteiger partial charge in [-0.15, -0.1) is 0 Å². The first-order valence-electron chi connectivity index (χ1n) is 7.15. The Morgan fingerprint density at radius 2 is 2.05 bits per heavy atom. The Kier molecular flexibility index (Phi) is 4.55. The fraction of sp³-hybridized carbons (Fsp3) is 0.786. The zero-order valence-corrected chi connectivity index (χ0v) is 13.1. The number of nitrogens with one attached hydrogen (secondary N) is 1. The molecule has 0 bridgehead atoms. The SMILES string of the molecule is CC(C)Oc1c(N)nsc1NC1CCC(C)C(C)C1. The molecule has 19 heavy (non-hydrogen) atoms. The molecule has 3 unspecified atom stereocenters. The molecule has 0 aromatic carbocycles. The van der Waals surface area contributed by atoms with Crippen LogP contribution in [0.4, 0.5) is 10.8 Å². The van der Waals surface area contributed by atoms with E-state index >= 15 is 0 Å². The Labute approximate surface area is 119 Å². The van der Waals surface area contributed by atoms with E-state index in [1.165, 1.54) is 30.8 Å². The van der Waals surface area contributed by atoms with Crippen molar-refractivity contribution in [3.8, 4) is 5.75 Å². The summed E-state index contributed by atoms with van der Waals surface area (Å²) < 4.78 is 9.97. The van der Waals surface area contributed by atoms with Crippen LogP contribution in [0.5, 0.6) is 5.75 Å². The normalized spacial score (nSPS) is 27.5. The molecule has 1 fully saturated rings. The molecule has 1 aromatic rings. The van der Waals surface area contributed by atoms with Gasteiger partial charge in [0, 0.05) is 6.04 Å². The van der Waals surface area contributed by atoms with Crippen LogP contribution >= 0.6 is 11.5 Å². The fourth-order valence-corrected chi connectivity index (χ4v) is 3.33. The van der Waals surface area contributed by atoms with Crippen molar-refractivity contribution in [2.75, 3.05) is 11.1 Å². The van der Waals surface area contributed by atoms with Crippen LogP contribution in [0.3, 0.4) is 0 Å². The third-order valence-electron chi connectivity index (χ3n) is 3.96. The van der Waals surface area contributed by atoms with Crippen molar-refractivity contribution in [1.82, 2.24) is 4.37 Å². The van der Waals surface area contributed by atoms with Crippen molar-refractivity contribution in [3.05, 3.63) is 0 Å². The van der Waals surface area contributed by atoms with Crippen LogP contribution in [0, 0.1) is 11.8 Å². The summed E-state index contributed by atoms with van der Waals surface area (Å²) in [5.74, 6) is 2.83. The molecule has 0 aliphatic heterocycles. The average Bonchev–Trinajstić information content (AvgIpc) is 2.66. The van der Waals surface area contributed by atoms with Crippen LogP contribution in [-0.4, -0.2) is 16.5 Å². The van der Waals surface area contributed by atoms with Crippen molar-refractivity contribution in [2.24, 2.45) is 11.8 Å². The number of nitrogens with two attached hydrogens (primary N) is 1. The number of rotatable bonds is 4. The summed E-state index contributed by atoms with van der Waals surface area (Å²) in [5.41, 5.74) is 5.88. The molecular formula is C14H25N3OS. The zero-order chi connectivity index (χ0) is 14.0. The number of nitrogens with zero attached hydrogens (tertiary/aromatic N) is 1. The number of anilines is 2. The van der Waals surface area contributed by atoms with Crippen LogP contribution in [0.1, 0.15) is 47.0 Å². The molecule has 1 aromatic heterocycles. The Morgan fingerprint density at radius 3 is 2.68 bits per heavy atom. The third kappa shape index (κ3) is 3.53. The molecule has 2 rings (SSSR count). The van der Waals surface area contributed by atoms with E-state index in [0.717, 1.165) is 22.6 Å². The lowest BCUT2D eigenvalue weighted by Crippen LogP contribution is -2.30. The Bertz CT molecular complexity index is 419. The number of hydrogen-bond donors (Lipinski definition) is 2. The quantitative estimate of drug-likeness (QED) is 0.883. The third-order valence-corrected chi connectivity index (χ3v) is 4.73. The minimum Gasteiger partial charge on any atom is -0.484 e. The summed E-state index contributed by atoms with van der Waals surface area (Å²) in [4.78, 5) is 0. The number of ether oxygens (including phenoxy) is 1. The summed E-state index contributed by atoms with van der Waals surface area (Å²) in [6, 6.07) is 0.514. The van der Waals surface area contributed by atoms with E-state index in [9.17, 15) is 0 Å². The van der Waals surface area contributed by atoms with E-state index in [-0.39, 0.29) is 6.10 Å². The first-order chi connectivity index (χ1) is 8.97. The minimum absolute atomic E-state index is 0.115. The van der Waals surface area contributed by atoms with Gasteiger partial charge in [-0.1, -0.05) is 13.8 Å². The fourth-order valence-electron chi connectivity index (χ4n) is 2.60. The van der Waals surface area contributed by atoms with Gasteiger partial charge in [-0.05, 0) is 56.5 Å². The molecule has 0 radical (unpaired) electrons. The van der Waals surface area contributed by atoms with Crippen molar-refractivity contribution < 1.29 is 4.74 Å². The molecule has 1 saturated carbocycles. The summed E-state index contributed by atoms with van der Waals surface area (Å²) in [7, 11) is 0. The van der Waals surface area contributed by atoms with Gasteiger partial charge in [0.2, 0.25) is 0 Å². The highest BCUT2D eigenvalue weighted by Crippen LogP contribution is 2.39. The van der Waals surface area contributed by atoms with Gasteiger partial charge in [0.05, 0.1) is 6.10 Å². The van der Waals surface area contributed by atoms with E-state index in [2.05, 4.69) is 23.5 Å². The van der Waals surface area contributed by atoms with Crippen LogP contribution in [-0.2, 0) is 0 Å². The van der Waals surface area contributed by atoms with Gasteiger partial charge in [-0.2, -0.15) is 4.37 Å². The summed E-state index contributed by atoms with van der Waals surface area (Å²) >= 11 is 1.40. The molecule has 108 valence electrons. The second kappa shape index (κ2) is 5.99. The Morgan fingerprint density at radius 1 is 1.32 bits per heavy atom. The average molecular weight is 283 g/mol. The predicted molar refractivity (Wildman–Crippen MR) is 81.9 cm³/mol. The molecule has 3 atom stereocenters. The first kappa shape index (κ1) is 14.4. The smallest absolute Gasteiger partial charge is 0.197 e. The number of aromatic nitrogens is 1. The van der Waals surface area contributed by atoms with E-state index in [4.69, 9.17) is 10.5 Å². The maximum Gasteiger partial charge on any atom is 0.197 e. The lowest BCUT2D eigenvalue weighted by Gasteiger charge is -2.32. The van der Waals surface area contributed by atoms with Crippen LogP contribution in [0.2, 0.25) is 0 Å². The Hall–Kier alpha value is -0.970. The molecule has 1 aliphatic rings.